The quantitative estimate of drug-likeness (QED) is 0.275. The van der Waals surface area contributed by atoms with E-state index in [0.717, 1.165) is 0 Å². The van der Waals surface area contributed by atoms with Crippen LogP contribution in [-0.2, 0) is 10.0 Å². The SMILES string of the molecule is CN(C)c1cc(-c2c(F)c(F)c(F)c(F)c2NS(=O)(=O)c2ccccc2)cc(N(C)C)c1Cl. The summed E-state index contributed by atoms with van der Waals surface area (Å²) in [6.07, 6.45) is 0. The number of sulfonamides is 1. The summed E-state index contributed by atoms with van der Waals surface area (Å²) < 4.78 is 85.8. The smallest absolute Gasteiger partial charge is 0.262 e. The zero-order valence-corrected chi connectivity index (χ0v) is 19.6. The first-order chi connectivity index (χ1) is 15.4. The summed E-state index contributed by atoms with van der Waals surface area (Å²) in [5.41, 5.74) is -1.26. The van der Waals surface area contributed by atoms with Crippen molar-refractivity contribution in [2.75, 3.05) is 42.7 Å². The Balaban J connectivity index is 2.36. The van der Waals surface area contributed by atoms with Crippen molar-refractivity contribution < 1.29 is 26.0 Å². The molecule has 11 heteroatoms. The zero-order valence-electron chi connectivity index (χ0n) is 18.1. The van der Waals surface area contributed by atoms with Gasteiger partial charge in [0, 0.05) is 33.8 Å². The molecule has 3 aromatic rings. The van der Waals surface area contributed by atoms with E-state index in [4.69, 9.17) is 11.6 Å². The van der Waals surface area contributed by atoms with E-state index >= 15 is 4.39 Å². The maximum absolute atomic E-state index is 15.1. The molecule has 0 heterocycles. The van der Waals surface area contributed by atoms with Crippen LogP contribution in [0.3, 0.4) is 0 Å². The Kier molecular flexibility index (Phi) is 6.80. The molecule has 0 atom stereocenters. The molecule has 3 aromatic carbocycles. The predicted molar refractivity (Wildman–Crippen MR) is 123 cm³/mol. The molecule has 0 spiro atoms. The van der Waals surface area contributed by atoms with Crippen molar-refractivity contribution in [1.82, 2.24) is 0 Å². The topological polar surface area (TPSA) is 52.7 Å². The highest BCUT2D eigenvalue weighted by Gasteiger charge is 2.30. The first-order valence-electron chi connectivity index (χ1n) is 9.49. The standard InChI is InChI=1S/C22H20ClF4N3O2S/c1-29(2)14-10-12(11-15(17(14)23)30(3)4)16-18(24)19(25)20(26)21(27)22(16)28-33(31,32)13-8-6-5-7-9-13/h5-11,28H,1-4H3. The van der Waals surface area contributed by atoms with Crippen LogP contribution in [0.5, 0.6) is 0 Å². The molecule has 0 aromatic heterocycles. The number of nitrogens with one attached hydrogen (secondary N) is 1. The van der Waals surface area contributed by atoms with E-state index < -0.39 is 44.5 Å². The average molecular weight is 502 g/mol. The van der Waals surface area contributed by atoms with Crippen LogP contribution in [0, 0.1) is 23.3 Å². The van der Waals surface area contributed by atoms with E-state index in [0.29, 0.717) is 11.4 Å². The van der Waals surface area contributed by atoms with Crippen LogP contribution < -0.4 is 14.5 Å². The monoisotopic (exact) mass is 501 g/mol. The number of benzene rings is 3. The van der Waals surface area contributed by atoms with Crippen LogP contribution in [-0.4, -0.2) is 36.6 Å². The highest BCUT2D eigenvalue weighted by molar-refractivity contribution is 7.92. The second-order valence-electron chi connectivity index (χ2n) is 7.54. The molecule has 176 valence electrons. The summed E-state index contributed by atoms with van der Waals surface area (Å²) in [4.78, 5) is 2.89. The molecule has 0 aliphatic heterocycles. The fraction of sp³-hybridized carbons (Fsp3) is 0.182. The fourth-order valence-corrected chi connectivity index (χ4v) is 4.72. The number of nitrogens with zero attached hydrogens (tertiary/aromatic N) is 2. The van der Waals surface area contributed by atoms with Crippen LogP contribution in [0.15, 0.2) is 47.4 Å². The van der Waals surface area contributed by atoms with Crippen LogP contribution in [0.25, 0.3) is 11.1 Å². The normalized spacial score (nSPS) is 11.4. The molecule has 5 nitrogen and oxygen atoms in total. The van der Waals surface area contributed by atoms with Crippen molar-refractivity contribution in [1.29, 1.82) is 0 Å². The molecule has 0 radical (unpaired) electrons. The summed E-state index contributed by atoms with van der Waals surface area (Å²) in [5.74, 6) is -7.85. The van der Waals surface area contributed by atoms with Gasteiger partial charge in [0.25, 0.3) is 10.0 Å². The maximum atomic E-state index is 15.1. The molecule has 33 heavy (non-hydrogen) atoms. The maximum Gasteiger partial charge on any atom is 0.262 e. The Labute approximate surface area is 194 Å². The second kappa shape index (κ2) is 9.11. The van der Waals surface area contributed by atoms with Gasteiger partial charge >= 0.3 is 0 Å². The number of anilines is 3. The van der Waals surface area contributed by atoms with Crippen LogP contribution in [0.1, 0.15) is 0 Å². The van der Waals surface area contributed by atoms with Gasteiger partial charge in [0.2, 0.25) is 0 Å². The lowest BCUT2D eigenvalue weighted by Gasteiger charge is -2.24. The molecule has 0 saturated heterocycles. The van der Waals surface area contributed by atoms with Gasteiger partial charge in [0.15, 0.2) is 23.3 Å². The molecule has 1 N–H and O–H groups in total. The fourth-order valence-electron chi connectivity index (χ4n) is 3.18. The van der Waals surface area contributed by atoms with E-state index in [1.807, 2.05) is 4.72 Å². The Hall–Kier alpha value is -2.98. The van der Waals surface area contributed by atoms with Crippen molar-refractivity contribution in [2.45, 2.75) is 4.90 Å². The van der Waals surface area contributed by atoms with E-state index in [9.17, 15) is 21.6 Å². The van der Waals surface area contributed by atoms with Gasteiger partial charge in [-0.2, -0.15) is 0 Å². The van der Waals surface area contributed by atoms with Crippen molar-refractivity contribution in [3.63, 3.8) is 0 Å². The highest BCUT2D eigenvalue weighted by atomic mass is 35.5. The lowest BCUT2D eigenvalue weighted by Crippen LogP contribution is -2.18. The van der Waals surface area contributed by atoms with Crippen molar-refractivity contribution in [3.8, 4) is 11.1 Å². The van der Waals surface area contributed by atoms with Crippen LogP contribution in [0.2, 0.25) is 5.02 Å². The summed E-state index contributed by atoms with van der Waals surface area (Å²) >= 11 is 6.42. The Morgan fingerprint density at radius 2 is 1.27 bits per heavy atom. The third-order valence-electron chi connectivity index (χ3n) is 4.84. The molecule has 3 rings (SSSR count). The molecule has 0 fully saturated rings. The van der Waals surface area contributed by atoms with Gasteiger partial charge in [-0.05, 0) is 29.8 Å². The van der Waals surface area contributed by atoms with Gasteiger partial charge in [-0.25, -0.2) is 26.0 Å². The number of rotatable bonds is 6. The summed E-state index contributed by atoms with van der Waals surface area (Å²) in [6, 6.07) is 9.48. The summed E-state index contributed by atoms with van der Waals surface area (Å²) in [5, 5.41) is 0.267. The van der Waals surface area contributed by atoms with Gasteiger partial charge in [-0.1, -0.05) is 29.8 Å². The lowest BCUT2D eigenvalue weighted by atomic mass is 10.00. The largest absolute Gasteiger partial charge is 0.376 e. The Morgan fingerprint density at radius 3 is 1.76 bits per heavy atom. The molecular formula is C22H20ClF4N3O2S. The molecule has 0 saturated carbocycles. The van der Waals surface area contributed by atoms with Gasteiger partial charge in [-0.15, -0.1) is 0 Å². The Morgan fingerprint density at radius 1 is 0.788 bits per heavy atom. The third-order valence-corrected chi connectivity index (χ3v) is 6.60. The van der Waals surface area contributed by atoms with Gasteiger partial charge in [0.05, 0.1) is 27.0 Å². The predicted octanol–water partition coefficient (Wildman–Crippen LogP) is 5.50. The molecular weight excluding hydrogens is 482 g/mol. The van der Waals surface area contributed by atoms with Crippen LogP contribution in [0.4, 0.5) is 34.6 Å². The first kappa shape index (κ1) is 24.7. The minimum atomic E-state index is -4.47. The number of halogens is 5. The van der Waals surface area contributed by atoms with Crippen molar-refractivity contribution in [3.05, 3.63) is 70.8 Å². The molecule has 0 unspecified atom stereocenters. The molecule has 0 bridgehead atoms. The van der Waals surface area contributed by atoms with Crippen molar-refractivity contribution >= 4 is 38.7 Å². The first-order valence-corrected chi connectivity index (χ1v) is 11.3. The molecule has 0 aliphatic carbocycles. The van der Waals surface area contributed by atoms with Gasteiger partial charge in [0.1, 0.15) is 0 Å². The van der Waals surface area contributed by atoms with Crippen LogP contribution >= 0.6 is 11.6 Å². The summed E-state index contributed by atoms with van der Waals surface area (Å²) in [7, 11) is 2.11. The minimum absolute atomic E-state index is 0.118. The van der Waals surface area contributed by atoms with E-state index in [-0.39, 0.29) is 15.5 Å². The summed E-state index contributed by atoms with van der Waals surface area (Å²) in [6.45, 7) is 0. The third kappa shape index (κ3) is 4.58. The van der Waals surface area contributed by atoms with E-state index in [1.165, 1.54) is 36.4 Å². The number of hydrogen-bond acceptors (Lipinski definition) is 4. The Bertz CT molecular complexity index is 1290. The molecule has 0 amide bonds. The molecule has 0 aliphatic rings. The average Bonchev–Trinajstić information content (AvgIpc) is 2.76. The lowest BCUT2D eigenvalue weighted by molar-refractivity contribution is 0.413. The van der Waals surface area contributed by atoms with E-state index in [2.05, 4.69) is 0 Å². The van der Waals surface area contributed by atoms with Gasteiger partial charge < -0.3 is 9.80 Å². The second-order valence-corrected chi connectivity index (χ2v) is 9.60. The highest BCUT2D eigenvalue weighted by Crippen LogP contribution is 2.43. The minimum Gasteiger partial charge on any atom is -0.376 e. The van der Waals surface area contributed by atoms with E-state index in [1.54, 1.807) is 44.1 Å². The van der Waals surface area contributed by atoms with Crippen molar-refractivity contribution in [2.24, 2.45) is 0 Å². The van der Waals surface area contributed by atoms with Gasteiger partial charge in [-0.3, -0.25) is 4.72 Å². The number of hydrogen-bond donors (Lipinski definition) is 1. The zero-order chi connectivity index (χ0) is 24.7.